The lowest BCUT2D eigenvalue weighted by atomic mass is 10.1. The average molecular weight is 280 g/mol. The van der Waals surface area contributed by atoms with Gasteiger partial charge in [0.15, 0.2) is 0 Å². The number of rotatable bonds is 3. The Hall–Kier alpha value is -2.55. The molecule has 1 heterocycles. The first-order valence-corrected chi connectivity index (χ1v) is 5.93. The summed E-state index contributed by atoms with van der Waals surface area (Å²) in [4.78, 5) is 33.8. The van der Waals surface area contributed by atoms with E-state index in [1.165, 1.54) is 4.90 Å². The molecule has 9 heteroatoms. The number of non-ortho nitro benzene ring substituents is 2. The zero-order valence-corrected chi connectivity index (χ0v) is 10.4. The molecule has 1 aromatic carbocycles. The molecule has 1 aliphatic rings. The molecule has 0 bridgehead atoms. The van der Waals surface area contributed by atoms with Crippen LogP contribution in [0.15, 0.2) is 18.2 Å². The van der Waals surface area contributed by atoms with Crippen LogP contribution >= 0.6 is 0 Å². The fourth-order valence-corrected chi connectivity index (χ4v) is 1.98. The van der Waals surface area contributed by atoms with Crippen LogP contribution < -0.4 is 5.32 Å². The van der Waals surface area contributed by atoms with E-state index in [2.05, 4.69) is 5.32 Å². The lowest BCUT2D eigenvalue weighted by Crippen LogP contribution is -2.46. The number of nitro benzene ring substituents is 2. The van der Waals surface area contributed by atoms with Gasteiger partial charge in [0.05, 0.1) is 21.5 Å². The first-order chi connectivity index (χ1) is 9.49. The zero-order valence-electron chi connectivity index (χ0n) is 10.4. The molecule has 1 N–H and O–H groups in total. The maximum Gasteiger partial charge on any atom is 0.277 e. The van der Waals surface area contributed by atoms with E-state index in [0.717, 1.165) is 18.2 Å². The highest BCUT2D eigenvalue weighted by atomic mass is 16.6. The van der Waals surface area contributed by atoms with E-state index >= 15 is 0 Å². The van der Waals surface area contributed by atoms with E-state index in [4.69, 9.17) is 0 Å². The summed E-state index contributed by atoms with van der Waals surface area (Å²) in [6.07, 6.45) is 0. The van der Waals surface area contributed by atoms with Crippen molar-refractivity contribution in [2.24, 2.45) is 0 Å². The Morgan fingerprint density at radius 1 is 1.05 bits per heavy atom. The summed E-state index contributed by atoms with van der Waals surface area (Å²) in [7, 11) is 0. The standard InChI is InChI=1S/C11H12N4O5/c16-11(13-3-1-12-2-4-13)8-5-9(14(17)18)7-10(6-8)15(19)20/h5-7,12H,1-4H2. The van der Waals surface area contributed by atoms with Crippen LogP contribution in [0.25, 0.3) is 0 Å². The van der Waals surface area contributed by atoms with Gasteiger partial charge in [-0.3, -0.25) is 25.0 Å². The number of nitrogens with zero attached hydrogens (tertiary/aromatic N) is 3. The molecule has 20 heavy (non-hydrogen) atoms. The number of amides is 1. The molecule has 1 aromatic rings. The van der Waals surface area contributed by atoms with E-state index in [9.17, 15) is 25.0 Å². The van der Waals surface area contributed by atoms with Crippen LogP contribution in [0.5, 0.6) is 0 Å². The van der Waals surface area contributed by atoms with Gasteiger partial charge in [-0.25, -0.2) is 0 Å². The Morgan fingerprint density at radius 2 is 1.55 bits per heavy atom. The minimum Gasteiger partial charge on any atom is -0.336 e. The van der Waals surface area contributed by atoms with Crippen LogP contribution in [-0.2, 0) is 0 Å². The van der Waals surface area contributed by atoms with E-state index in [0.29, 0.717) is 26.2 Å². The van der Waals surface area contributed by atoms with Gasteiger partial charge in [-0.05, 0) is 0 Å². The topological polar surface area (TPSA) is 119 Å². The number of nitrogens with one attached hydrogen (secondary N) is 1. The van der Waals surface area contributed by atoms with Gasteiger partial charge in [0, 0.05) is 38.3 Å². The van der Waals surface area contributed by atoms with Crippen LogP contribution in [0, 0.1) is 20.2 Å². The highest BCUT2D eigenvalue weighted by Gasteiger charge is 2.23. The van der Waals surface area contributed by atoms with Crippen LogP contribution in [0.3, 0.4) is 0 Å². The molecule has 0 spiro atoms. The Labute approximate surface area is 113 Å². The summed E-state index contributed by atoms with van der Waals surface area (Å²) < 4.78 is 0. The second-order valence-electron chi connectivity index (χ2n) is 4.29. The quantitative estimate of drug-likeness (QED) is 0.637. The van der Waals surface area contributed by atoms with Gasteiger partial charge in [0.25, 0.3) is 17.3 Å². The van der Waals surface area contributed by atoms with Crippen molar-refractivity contribution in [2.75, 3.05) is 26.2 Å². The predicted octanol–water partition coefficient (Wildman–Crippen LogP) is 0.548. The molecule has 0 unspecified atom stereocenters. The third-order valence-corrected chi connectivity index (χ3v) is 2.98. The van der Waals surface area contributed by atoms with Gasteiger partial charge in [-0.2, -0.15) is 0 Å². The molecule has 106 valence electrons. The van der Waals surface area contributed by atoms with Crippen LogP contribution in [0.1, 0.15) is 10.4 Å². The van der Waals surface area contributed by atoms with E-state index in [1.807, 2.05) is 0 Å². The maximum atomic E-state index is 12.2. The molecule has 1 aliphatic heterocycles. The second kappa shape index (κ2) is 5.61. The van der Waals surface area contributed by atoms with Gasteiger partial charge < -0.3 is 10.2 Å². The Bertz CT molecular complexity index is 536. The lowest BCUT2D eigenvalue weighted by molar-refractivity contribution is -0.394. The van der Waals surface area contributed by atoms with E-state index in [1.54, 1.807) is 0 Å². The number of benzene rings is 1. The van der Waals surface area contributed by atoms with Crippen molar-refractivity contribution in [2.45, 2.75) is 0 Å². The molecular weight excluding hydrogens is 268 g/mol. The average Bonchev–Trinajstić information content (AvgIpc) is 2.46. The first-order valence-electron chi connectivity index (χ1n) is 5.93. The molecule has 0 atom stereocenters. The molecule has 0 aromatic heterocycles. The van der Waals surface area contributed by atoms with Crippen molar-refractivity contribution in [3.63, 3.8) is 0 Å². The number of nitro groups is 2. The largest absolute Gasteiger partial charge is 0.336 e. The van der Waals surface area contributed by atoms with Crippen molar-refractivity contribution in [1.82, 2.24) is 10.2 Å². The summed E-state index contributed by atoms with van der Waals surface area (Å²) in [5, 5.41) is 24.6. The number of hydrogen-bond donors (Lipinski definition) is 1. The van der Waals surface area contributed by atoms with Gasteiger partial charge in [-0.15, -0.1) is 0 Å². The summed E-state index contributed by atoms with van der Waals surface area (Å²) in [6.45, 7) is 2.19. The minimum absolute atomic E-state index is 0.0344. The van der Waals surface area contributed by atoms with Crippen molar-refractivity contribution in [3.8, 4) is 0 Å². The molecule has 1 amide bonds. The normalized spacial score (nSPS) is 14.9. The molecule has 0 aliphatic carbocycles. The van der Waals surface area contributed by atoms with Crippen molar-refractivity contribution >= 4 is 17.3 Å². The first kappa shape index (κ1) is 13.9. The smallest absolute Gasteiger partial charge is 0.277 e. The SMILES string of the molecule is O=C(c1cc([N+](=O)[O-])cc([N+](=O)[O-])c1)N1CCNCC1. The number of hydrogen-bond acceptors (Lipinski definition) is 6. The molecule has 9 nitrogen and oxygen atoms in total. The highest BCUT2D eigenvalue weighted by molar-refractivity contribution is 5.95. The molecular formula is C11H12N4O5. The third-order valence-electron chi connectivity index (χ3n) is 2.98. The number of piperazine rings is 1. The fourth-order valence-electron chi connectivity index (χ4n) is 1.98. The number of carbonyl (C=O) groups excluding carboxylic acids is 1. The number of carbonyl (C=O) groups is 1. The monoisotopic (exact) mass is 280 g/mol. The van der Waals surface area contributed by atoms with Gasteiger partial charge in [0.2, 0.25) is 0 Å². The van der Waals surface area contributed by atoms with Crippen molar-refractivity contribution in [3.05, 3.63) is 44.0 Å². The molecule has 1 fully saturated rings. The van der Waals surface area contributed by atoms with Crippen LogP contribution in [0.2, 0.25) is 0 Å². The summed E-state index contributed by atoms with van der Waals surface area (Å²) in [5.74, 6) is -0.432. The second-order valence-corrected chi connectivity index (χ2v) is 4.29. The summed E-state index contributed by atoms with van der Waals surface area (Å²) in [6, 6.07) is 2.98. The van der Waals surface area contributed by atoms with E-state index in [-0.39, 0.29) is 5.56 Å². The Kier molecular flexibility index (Phi) is 3.89. The molecule has 0 radical (unpaired) electrons. The minimum atomic E-state index is -0.748. The Balaban J connectivity index is 2.36. The molecule has 2 rings (SSSR count). The lowest BCUT2D eigenvalue weighted by Gasteiger charge is -2.27. The van der Waals surface area contributed by atoms with Crippen molar-refractivity contribution in [1.29, 1.82) is 0 Å². The maximum absolute atomic E-state index is 12.2. The van der Waals surface area contributed by atoms with E-state index < -0.39 is 27.1 Å². The predicted molar refractivity (Wildman–Crippen MR) is 68.5 cm³/mol. The fraction of sp³-hybridized carbons (Fsp3) is 0.364. The Morgan fingerprint density at radius 3 is 2.00 bits per heavy atom. The van der Waals surface area contributed by atoms with Crippen molar-refractivity contribution < 1.29 is 14.6 Å². The van der Waals surface area contributed by atoms with Crippen LogP contribution in [0.4, 0.5) is 11.4 Å². The zero-order chi connectivity index (χ0) is 14.7. The van der Waals surface area contributed by atoms with Gasteiger partial charge in [-0.1, -0.05) is 0 Å². The van der Waals surface area contributed by atoms with Gasteiger partial charge >= 0.3 is 0 Å². The molecule has 0 saturated carbocycles. The van der Waals surface area contributed by atoms with Crippen LogP contribution in [-0.4, -0.2) is 46.8 Å². The highest BCUT2D eigenvalue weighted by Crippen LogP contribution is 2.23. The molecule has 1 saturated heterocycles. The summed E-state index contributed by atoms with van der Waals surface area (Å²) >= 11 is 0. The third kappa shape index (κ3) is 2.88. The van der Waals surface area contributed by atoms with Gasteiger partial charge in [0.1, 0.15) is 0 Å². The summed E-state index contributed by atoms with van der Waals surface area (Å²) in [5.41, 5.74) is -0.955.